The third-order valence-electron chi connectivity index (χ3n) is 7.21. The maximum Gasteiger partial charge on any atom is 0.296 e. The second-order valence-electron chi connectivity index (χ2n) is 10.0. The number of aromatic amines is 1. The summed E-state index contributed by atoms with van der Waals surface area (Å²) in [5, 5.41) is 5.97. The van der Waals surface area contributed by atoms with Gasteiger partial charge in [-0.05, 0) is 69.4 Å². The van der Waals surface area contributed by atoms with E-state index in [9.17, 15) is 14.0 Å². The van der Waals surface area contributed by atoms with Gasteiger partial charge in [0.15, 0.2) is 11.4 Å². The molecule has 0 radical (unpaired) electrons. The minimum atomic E-state index is -0.931. The monoisotopic (exact) mass is 520 g/mol. The van der Waals surface area contributed by atoms with E-state index < -0.39 is 23.8 Å². The van der Waals surface area contributed by atoms with Crippen LogP contribution in [0.15, 0.2) is 40.8 Å². The molecule has 2 aromatic carbocycles. The van der Waals surface area contributed by atoms with Crippen molar-refractivity contribution in [1.29, 1.82) is 0 Å². The van der Waals surface area contributed by atoms with Crippen LogP contribution in [0.4, 0.5) is 10.4 Å². The third-order valence-corrected chi connectivity index (χ3v) is 7.21. The minimum Gasteiger partial charge on any atom is -0.424 e. The number of anilines is 1. The van der Waals surface area contributed by atoms with Gasteiger partial charge in [-0.25, -0.2) is 9.37 Å². The number of likely N-dealkylation sites (tertiary alicyclic amines) is 1. The molecule has 1 aliphatic rings. The number of carbonyl (C=O) groups excluding carboxylic acids is 2. The summed E-state index contributed by atoms with van der Waals surface area (Å²) in [6.07, 6.45) is 3.84. The Morgan fingerprint density at radius 2 is 2.08 bits per heavy atom. The van der Waals surface area contributed by atoms with Crippen molar-refractivity contribution >= 4 is 40.0 Å². The Hall–Kier alpha value is -3.95. The molecule has 4 aromatic rings. The van der Waals surface area contributed by atoms with Crippen LogP contribution >= 0.6 is 0 Å². The zero-order chi connectivity index (χ0) is 26.8. The highest BCUT2D eigenvalue weighted by Gasteiger charge is 2.31. The molecule has 1 fully saturated rings. The van der Waals surface area contributed by atoms with E-state index in [1.807, 2.05) is 30.0 Å². The van der Waals surface area contributed by atoms with Gasteiger partial charge >= 0.3 is 0 Å². The molecule has 3 atom stereocenters. The fourth-order valence-corrected chi connectivity index (χ4v) is 5.10. The lowest BCUT2D eigenvalue weighted by molar-refractivity contribution is -0.137. The number of amides is 2. The van der Waals surface area contributed by atoms with Crippen LogP contribution in [-0.2, 0) is 9.59 Å². The van der Waals surface area contributed by atoms with Crippen LogP contribution in [-0.4, -0.2) is 50.3 Å². The lowest BCUT2D eigenvalue weighted by Gasteiger charge is -2.36. The van der Waals surface area contributed by atoms with Gasteiger partial charge in [0.25, 0.3) is 6.01 Å². The fraction of sp³-hybridized carbons (Fsp3) is 0.429. The molecule has 38 heavy (non-hydrogen) atoms. The molecule has 3 heterocycles. The number of oxazole rings is 1. The number of carbonyl (C=O) groups is 2. The summed E-state index contributed by atoms with van der Waals surface area (Å²) in [5.74, 6) is -0.514. The Kier molecular flexibility index (Phi) is 7.31. The number of benzene rings is 2. The second kappa shape index (κ2) is 10.8. The molecule has 0 saturated carbocycles. The first-order chi connectivity index (χ1) is 18.3. The standard InChI is InChI=1S/C28H33FN6O3/c1-4-18-8-5-6-13-35(18)24(36)15-22(33-28-32-20-12-11-16(2)14-23(20)38-28)27(37)30-17(3)26-31-21-10-7-9-19(29)25(21)34-26/h7,9-12,14,17-18,22H,4-6,8,13,15H2,1-3H3,(H,30,37)(H,31,34)(H,32,33)/t17-,18?,22?/m0/s1. The van der Waals surface area contributed by atoms with Crippen LogP contribution in [0.3, 0.4) is 0 Å². The van der Waals surface area contributed by atoms with Crippen molar-refractivity contribution in [2.24, 2.45) is 0 Å². The van der Waals surface area contributed by atoms with Crippen LogP contribution in [0, 0.1) is 12.7 Å². The van der Waals surface area contributed by atoms with E-state index in [0.29, 0.717) is 29.0 Å². The van der Waals surface area contributed by atoms with Gasteiger partial charge in [-0.1, -0.05) is 19.1 Å². The highest BCUT2D eigenvalue weighted by atomic mass is 19.1. The van der Waals surface area contributed by atoms with Gasteiger partial charge in [-0.2, -0.15) is 4.98 Å². The number of nitrogens with one attached hydrogen (secondary N) is 3. The highest BCUT2D eigenvalue weighted by Crippen LogP contribution is 2.24. The van der Waals surface area contributed by atoms with Crippen LogP contribution in [0.5, 0.6) is 0 Å². The topological polar surface area (TPSA) is 116 Å². The van der Waals surface area contributed by atoms with E-state index in [-0.39, 0.29) is 29.9 Å². The van der Waals surface area contributed by atoms with Crippen LogP contribution < -0.4 is 10.6 Å². The number of nitrogens with zero attached hydrogens (tertiary/aromatic N) is 3. The Balaban J connectivity index is 1.37. The molecule has 0 spiro atoms. The molecular weight excluding hydrogens is 487 g/mol. The second-order valence-corrected chi connectivity index (χ2v) is 10.0. The number of rotatable bonds is 8. The molecule has 5 rings (SSSR count). The molecule has 0 bridgehead atoms. The first kappa shape index (κ1) is 25.7. The lowest BCUT2D eigenvalue weighted by Crippen LogP contribution is -2.48. The summed E-state index contributed by atoms with van der Waals surface area (Å²) in [7, 11) is 0. The Labute approximate surface area is 220 Å². The average Bonchev–Trinajstić information content (AvgIpc) is 3.52. The van der Waals surface area contributed by atoms with Crippen LogP contribution in [0.2, 0.25) is 0 Å². The van der Waals surface area contributed by atoms with Gasteiger partial charge in [0.1, 0.15) is 22.9 Å². The number of piperidine rings is 1. The van der Waals surface area contributed by atoms with E-state index in [4.69, 9.17) is 4.42 Å². The quantitative estimate of drug-likeness (QED) is 0.301. The van der Waals surface area contributed by atoms with E-state index in [1.165, 1.54) is 6.07 Å². The molecule has 1 aliphatic heterocycles. The predicted octanol–water partition coefficient (Wildman–Crippen LogP) is 4.99. The number of halogens is 1. The summed E-state index contributed by atoms with van der Waals surface area (Å²) < 4.78 is 20.0. The maximum absolute atomic E-state index is 14.2. The smallest absolute Gasteiger partial charge is 0.296 e. The number of H-pyrrole nitrogens is 1. The zero-order valence-corrected chi connectivity index (χ0v) is 21.9. The van der Waals surface area contributed by atoms with Crippen molar-refractivity contribution in [3.8, 4) is 0 Å². The molecule has 0 aliphatic carbocycles. The van der Waals surface area contributed by atoms with Crippen molar-refractivity contribution in [3.05, 3.63) is 53.6 Å². The van der Waals surface area contributed by atoms with Gasteiger partial charge < -0.3 is 24.9 Å². The third kappa shape index (κ3) is 5.34. The van der Waals surface area contributed by atoms with E-state index in [2.05, 4.69) is 32.5 Å². The van der Waals surface area contributed by atoms with Gasteiger partial charge in [-0.3, -0.25) is 9.59 Å². The number of imidazole rings is 1. The number of para-hydroxylation sites is 1. The molecule has 200 valence electrons. The van der Waals surface area contributed by atoms with Crippen molar-refractivity contribution in [3.63, 3.8) is 0 Å². The molecule has 2 unspecified atom stereocenters. The molecule has 10 heteroatoms. The van der Waals surface area contributed by atoms with Crippen molar-refractivity contribution < 1.29 is 18.4 Å². The number of hydrogen-bond acceptors (Lipinski definition) is 6. The number of hydrogen-bond donors (Lipinski definition) is 3. The van der Waals surface area contributed by atoms with Crippen LogP contribution in [0.25, 0.3) is 22.1 Å². The Morgan fingerprint density at radius 1 is 1.24 bits per heavy atom. The van der Waals surface area contributed by atoms with Crippen molar-refractivity contribution in [1.82, 2.24) is 25.2 Å². The molecule has 9 nitrogen and oxygen atoms in total. The Bertz CT molecular complexity index is 1460. The van der Waals surface area contributed by atoms with Gasteiger partial charge in [0.05, 0.1) is 18.0 Å². The summed E-state index contributed by atoms with van der Waals surface area (Å²) in [4.78, 5) is 40.7. The van der Waals surface area contributed by atoms with Gasteiger partial charge in [0.2, 0.25) is 11.8 Å². The summed E-state index contributed by atoms with van der Waals surface area (Å²) in [5.41, 5.74) is 3.03. The molecule has 2 amide bonds. The number of aromatic nitrogens is 3. The first-order valence-electron chi connectivity index (χ1n) is 13.2. The Morgan fingerprint density at radius 3 is 2.87 bits per heavy atom. The van der Waals surface area contributed by atoms with Gasteiger partial charge in [-0.15, -0.1) is 0 Å². The van der Waals surface area contributed by atoms with E-state index in [1.54, 1.807) is 19.1 Å². The highest BCUT2D eigenvalue weighted by molar-refractivity contribution is 5.91. The number of fused-ring (bicyclic) bond motifs is 2. The summed E-state index contributed by atoms with van der Waals surface area (Å²) in [6.45, 7) is 6.48. The lowest BCUT2D eigenvalue weighted by atomic mass is 9.99. The molecule has 1 saturated heterocycles. The molecule has 3 N–H and O–H groups in total. The van der Waals surface area contributed by atoms with Crippen molar-refractivity contribution in [2.45, 2.75) is 71.0 Å². The van der Waals surface area contributed by atoms with Gasteiger partial charge in [0, 0.05) is 12.6 Å². The molecule has 2 aromatic heterocycles. The SMILES string of the molecule is CCC1CCCCN1C(=O)CC(Nc1nc2ccc(C)cc2o1)C(=O)N[C@@H](C)c1nc2c(F)cccc2[nH]1. The maximum atomic E-state index is 14.2. The largest absolute Gasteiger partial charge is 0.424 e. The van der Waals surface area contributed by atoms with E-state index in [0.717, 1.165) is 31.2 Å². The first-order valence-corrected chi connectivity index (χ1v) is 13.2. The summed E-state index contributed by atoms with van der Waals surface area (Å²) in [6, 6.07) is 9.18. The van der Waals surface area contributed by atoms with E-state index >= 15 is 0 Å². The molecular formula is C28H33FN6O3. The minimum absolute atomic E-state index is 0.0540. The predicted molar refractivity (Wildman–Crippen MR) is 143 cm³/mol. The average molecular weight is 521 g/mol. The number of aryl methyl sites for hydroxylation is 1. The normalized spacial score (nSPS) is 17.5. The fourth-order valence-electron chi connectivity index (χ4n) is 5.10. The van der Waals surface area contributed by atoms with Crippen molar-refractivity contribution in [2.75, 3.05) is 11.9 Å². The summed E-state index contributed by atoms with van der Waals surface area (Å²) >= 11 is 0. The van der Waals surface area contributed by atoms with Crippen LogP contribution in [0.1, 0.15) is 63.4 Å². The zero-order valence-electron chi connectivity index (χ0n) is 21.9.